The summed E-state index contributed by atoms with van der Waals surface area (Å²) in [5.74, 6) is 0. The van der Waals surface area contributed by atoms with Crippen molar-refractivity contribution in [1.29, 1.82) is 0 Å². The van der Waals surface area contributed by atoms with Crippen molar-refractivity contribution in [2.24, 2.45) is 5.41 Å². The van der Waals surface area contributed by atoms with Crippen LogP contribution in [0.5, 0.6) is 0 Å². The Bertz CT molecular complexity index is 169. The molecule has 0 radical (unpaired) electrons. The lowest BCUT2D eigenvalue weighted by Gasteiger charge is -2.27. The Hall–Kier alpha value is -0.160. The molecule has 15 heavy (non-hydrogen) atoms. The van der Waals surface area contributed by atoms with E-state index in [1.807, 2.05) is 0 Å². The number of rotatable bonds is 7. The van der Waals surface area contributed by atoms with E-state index in [9.17, 15) is 10.2 Å². The second-order valence-electron chi connectivity index (χ2n) is 4.61. The van der Waals surface area contributed by atoms with Crippen molar-refractivity contribution in [3.8, 4) is 0 Å². The van der Waals surface area contributed by atoms with Crippen LogP contribution in [0, 0.1) is 5.41 Å². The van der Waals surface area contributed by atoms with E-state index in [4.69, 9.17) is 4.74 Å². The number of nitrogens with one attached hydrogen (secondary N) is 1. The van der Waals surface area contributed by atoms with Gasteiger partial charge >= 0.3 is 0 Å². The summed E-state index contributed by atoms with van der Waals surface area (Å²) in [5.41, 5.74) is 0.0623. The van der Waals surface area contributed by atoms with E-state index >= 15 is 0 Å². The number of hydrogen-bond donors (Lipinski definition) is 3. The maximum atomic E-state index is 9.43. The molecule has 1 fully saturated rings. The molecule has 1 saturated carbocycles. The summed E-state index contributed by atoms with van der Waals surface area (Å²) < 4.78 is 4.84. The van der Waals surface area contributed by atoms with Crippen LogP contribution in [0.1, 0.15) is 25.7 Å². The maximum absolute atomic E-state index is 9.43. The molecule has 90 valence electrons. The van der Waals surface area contributed by atoms with Crippen molar-refractivity contribution >= 4 is 0 Å². The molecule has 1 aliphatic rings. The highest BCUT2D eigenvalue weighted by atomic mass is 16.5. The molecule has 0 aromatic carbocycles. The molecule has 0 aliphatic heterocycles. The molecule has 4 heteroatoms. The molecule has 0 amide bonds. The van der Waals surface area contributed by atoms with Gasteiger partial charge in [0.2, 0.25) is 0 Å². The number of aliphatic hydroxyl groups excluding tert-OH is 2. The van der Waals surface area contributed by atoms with Crippen LogP contribution in [0.2, 0.25) is 0 Å². The van der Waals surface area contributed by atoms with Crippen molar-refractivity contribution in [2.75, 3.05) is 33.4 Å². The van der Waals surface area contributed by atoms with Crippen LogP contribution in [-0.2, 0) is 4.74 Å². The summed E-state index contributed by atoms with van der Waals surface area (Å²) in [6.07, 6.45) is 4.16. The van der Waals surface area contributed by atoms with E-state index in [0.29, 0.717) is 13.2 Å². The van der Waals surface area contributed by atoms with Gasteiger partial charge < -0.3 is 20.3 Å². The zero-order valence-electron chi connectivity index (χ0n) is 9.54. The number of ether oxygens (including phenoxy) is 1. The molecule has 0 saturated heterocycles. The molecule has 0 aromatic rings. The number of aliphatic hydroxyl groups is 2. The fourth-order valence-corrected chi connectivity index (χ4v) is 2.27. The Morgan fingerprint density at radius 1 is 1.40 bits per heavy atom. The summed E-state index contributed by atoms with van der Waals surface area (Å²) >= 11 is 0. The largest absolute Gasteiger partial charge is 0.396 e. The molecule has 3 N–H and O–H groups in total. The normalized spacial score (nSPS) is 21.8. The fourth-order valence-electron chi connectivity index (χ4n) is 2.27. The predicted octanol–water partition coefficient (Wildman–Crippen LogP) is 0.136. The quantitative estimate of drug-likeness (QED) is 0.567. The molecule has 1 unspecified atom stereocenters. The van der Waals surface area contributed by atoms with Gasteiger partial charge in [-0.3, -0.25) is 0 Å². The third-order valence-corrected chi connectivity index (χ3v) is 3.24. The first-order valence-electron chi connectivity index (χ1n) is 5.71. The molecule has 0 spiro atoms. The highest BCUT2D eigenvalue weighted by molar-refractivity contribution is 4.86. The number of methoxy groups -OCH3 is 1. The standard InChI is InChI=1S/C11H23NO3/c1-15-7-10(14)6-12-8-11(9-13)4-2-3-5-11/h10,12-14H,2-9H2,1H3. The monoisotopic (exact) mass is 217 g/mol. The van der Waals surface area contributed by atoms with E-state index in [-0.39, 0.29) is 12.0 Å². The smallest absolute Gasteiger partial charge is 0.0897 e. The molecular weight excluding hydrogens is 194 g/mol. The highest BCUT2D eigenvalue weighted by Crippen LogP contribution is 2.36. The van der Waals surface area contributed by atoms with Crippen LogP contribution >= 0.6 is 0 Å². The number of hydrogen-bond acceptors (Lipinski definition) is 4. The van der Waals surface area contributed by atoms with Crippen molar-refractivity contribution in [3.05, 3.63) is 0 Å². The van der Waals surface area contributed by atoms with Gasteiger partial charge in [0, 0.05) is 32.2 Å². The molecule has 0 heterocycles. The summed E-state index contributed by atoms with van der Waals surface area (Å²) in [4.78, 5) is 0. The van der Waals surface area contributed by atoms with Gasteiger partial charge in [0.05, 0.1) is 12.7 Å². The van der Waals surface area contributed by atoms with E-state index < -0.39 is 6.10 Å². The molecule has 1 rings (SSSR count). The minimum absolute atomic E-state index is 0.0623. The minimum Gasteiger partial charge on any atom is -0.396 e. The Kier molecular flexibility index (Phi) is 5.53. The second-order valence-corrected chi connectivity index (χ2v) is 4.61. The zero-order chi connectivity index (χ0) is 11.1. The van der Waals surface area contributed by atoms with Crippen molar-refractivity contribution in [2.45, 2.75) is 31.8 Å². The summed E-state index contributed by atoms with van der Waals surface area (Å²) in [5, 5.41) is 22.0. The van der Waals surface area contributed by atoms with Gasteiger partial charge in [-0.1, -0.05) is 12.8 Å². The minimum atomic E-state index is -0.452. The predicted molar refractivity (Wildman–Crippen MR) is 58.7 cm³/mol. The van der Waals surface area contributed by atoms with Gasteiger partial charge in [-0.25, -0.2) is 0 Å². The van der Waals surface area contributed by atoms with Crippen LogP contribution in [0.4, 0.5) is 0 Å². The molecule has 1 aliphatic carbocycles. The lowest BCUT2D eigenvalue weighted by atomic mass is 9.87. The highest BCUT2D eigenvalue weighted by Gasteiger charge is 2.32. The lowest BCUT2D eigenvalue weighted by molar-refractivity contribution is 0.0590. The van der Waals surface area contributed by atoms with E-state index in [2.05, 4.69) is 5.32 Å². The summed E-state index contributed by atoms with van der Waals surface area (Å²) in [7, 11) is 1.58. The van der Waals surface area contributed by atoms with Crippen LogP contribution < -0.4 is 5.32 Å². The van der Waals surface area contributed by atoms with Gasteiger partial charge in [-0.2, -0.15) is 0 Å². The Morgan fingerprint density at radius 3 is 2.60 bits per heavy atom. The van der Waals surface area contributed by atoms with Gasteiger partial charge in [-0.05, 0) is 12.8 Å². The van der Waals surface area contributed by atoms with Crippen LogP contribution in [0.15, 0.2) is 0 Å². The summed E-state index contributed by atoms with van der Waals surface area (Å²) in [6, 6.07) is 0. The average molecular weight is 217 g/mol. The van der Waals surface area contributed by atoms with Crippen LogP contribution in [0.3, 0.4) is 0 Å². The SMILES string of the molecule is COCC(O)CNCC1(CO)CCCC1. The Morgan fingerprint density at radius 2 is 2.07 bits per heavy atom. The molecule has 4 nitrogen and oxygen atoms in total. The Labute approximate surface area is 91.6 Å². The Balaban J connectivity index is 2.17. The van der Waals surface area contributed by atoms with Crippen molar-refractivity contribution < 1.29 is 14.9 Å². The van der Waals surface area contributed by atoms with E-state index in [0.717, 1.165) is 19.4 Å². The first-order chi connectivity index (χ1) is 7.22. The zero-order valence-corrected chi connectivity index (χ0v) is 9.54. The van der Waals surface area contributed by atoms with Gasteiger partial charge in [0.1, 0.15) is 0 Å². The first kappa shape index (κ1) is 12.9. The van der Waals surface area contributed by atoms with Crippen LogP contribution in [0.25, 0.3) is 0 Å². The van der Waals surface area contributed by atoms with Gasteiger partial charge in [0.25, 0.3) is 0 Å². The van der Waals surface area contributed by atoms with E-state index in [1.165, 1.54) is 12.8 Å². The summed E-state index contributed by atoms with van der Waals surface area (Å²) in [6.45, 7) is 1.94. The van der Waals surface area contributed by atoms with Gasteiger partial charge in [0.15, 0.2) is 0 Å². The maximum Gasteiger partial charge on any atom is 0.0897 e. The van der Waals surface area contributed by atoms with Crippen molar-refractivity contribution in [3.63, 3.8) is 0 Å². The third-order valence-electron chi connectivity index (χ3n) is 3.24. The topological polar surface area (TPSA) is 61.7 Å². The molecule has 0 bridgehead atoms. The molecule has 0 aromatic heterocycles. The first-order valence-corrected chi connectivity index (χ1v) is 5.71. The molecule has 1 atom stereocenters. The van der Waals surface area contributed by atoms with Gasteiger partial charge in [-0.15, -0.1) is 0 Å². The van der Waals surface area contributed by atoms with Crippen LogP contribution in [-0.4, -0.2) is 49.7 Å². The second kappa shape index (κ2) is 6.43. The third kappa shape index (κ3) is 4.07. The fraction of sp³-hybridized carbons (Fsp3) is 1.00. The lowest BCUT2D eigenvalue weighted by Crippen LogP contribution is -2.39. The molecular formula is C11H23NO3. The average Bonchev–Trinajstić information content (AvgIpc) is 2.68. The van der Waals surface area contributed by atoms with Crippen molar-refractivity contribution in [1.82, 2.24) is 5.32 Å². The van der Waals surface area contributed by atoms with E-state index in [1.54, 1.807) is 7.11 Å².